The van der Waals surface area contributed by atoms with E-state index >= 15 is 0 Å². The molecular weight excluding hydrogens is 487 g/mol. The van der Waals surface area contributed by atoms with Crippen LogP contribution in [-0.4, -0.2) is 16.1 Å². The standard InChI is InChI=1S/C32H18F3NO2/c33-23-7-1-19(2-8-23)31(37)21-5-15-29-27(17-21)28-18-22(32(38)20-3-9-24(34)10-4-20)6-16-30(28)36(29)26-13-11-25(35)12-14-26/h1-18H. The van der Waals surface area contributed by atoms with E-state index in [1.54, 1.807) is 48.5 Å². The van der Waals surface area contributed by atoms with Gasteiger partial charge in [-0.05, 0) is 109 Å². The van der Waals surface area contributed by atoms with Crippen LogP contribution in [0.1, 0.15) is 31.8 Å². The fourth-order valence-corrected chi connectivity index (χ4v) is 4.71. The van der Waals surface area contributed by atoms with Crippen LogP contribution in [0.3, 0.4) is 0 Å². The first-order chi connectivity index (χ1) is 18.4. The van der Waals surface area contributed by atoms with Gasteiger partial charge in [0.15, 0.2) is 11.6 Å². The van der Waals surface area contributed by atoms with Crippen molar-refractivity contribution in [1.82, 2.24) is 4.57 Å². The molecule has 6 aromatic rings. The molecular formula is C32H18F3NO2. The van der Waals surface area contributed by atoms with Crippen molar-refractivity contribution in [3.63, 3.8) is 0 Å². The van der Waals surface area contributed by atoms with Gasteiger partial charge in [0.2, 0.25) is 0 Å². The summed E-state index contributed by atoms with van der Waals surface area (Å²) in [5, 5.41) is 1.43. The lowest BCUT2D eigenvalue weighted by molar-refractivity contribution is 0.103. The monoisotopic (exact) mass is 505 g/mol. The number of benzene rings is 5. The number of rotatable bonds is 5. The van der Waals surface area contributed by atoms with Crippen molar-refractivity contribution in [2.24, 2.45) is 0 Å². The van der Waals surface area contributed by atoms with Crippen molar-refractivity contribution in [3.05, 3.63) is 149 Å². The van der Waals surface area contributed by atoms with Gasteiger partial charge in [-0.15, -0.1) is 0 Å². The number of fused-ring (bicyclic) bond motifs is 3. The average Bonchev–Trinajstić information content (AvgIpc) is 3.26. The maximum atomic E-state index is 13.7. The summed E-state index contributed by atoms with van der Waals surface area (Å²) in [6.07, 6.45) is 0. The quantitative estimate of drug-likeness (QED) is 0.226. The van der Waals surface area contributed by atoms with Gasteiger partial charge in [0.1, 0.15) is 17.5 Å². The molecule has 0 atom stereocenters. The van der Waals surface area contributed by atoms with Crippen LogP contribution in [0.5, 0.6) is 0 Å². The van der Waals surface area contributed by atoms with Crippen molar-refractivity contribution >= 4 is 33.4 Å². The van der Waals surface area contributed by atoms with Crippen molar-refractivity contribution in [2.75, 3.05) is 0 Å². The summed E-state index contributed by atoms with van der Waals surface area (Å²) < 4.78 is 42.4. The van der Waals surface area contributed by atoms with Crippen LogP contribution in [-0.2, 0) is 0 Å². The van der Waals surface area contributed by atoms with Crippen molar-refractivity contribution in [1.29, 1.82) is 0 Å². The highest BCUT2D eigenvalue weighted by atomic mass is 19.1. The topological polar surface area (TPSA) is 39.1 Å². The third-order valence-electron chi connectivity index (χ3n) is 6.59. The molecule has 5 aromatic carbocycles. The Morgan fingerprint density at radius 1 is 0.447 bits per heavy atom. The van der Waals surface area contributed by atoms with E-state index in [0.29, 0.717) is 38.7 Å². The van der Waals surface area contributed by atoms with Gasteiger partial charge >= 0.3 is 0 Å². The Morgan fingerprint density at radius 3 is 1.18 bits per heavy atom. The highest BCUT2D eigenvalue weighted by Gasteiger charge is 2.18. The summed E-state index contributed by atoms with van der Waals surface area (Å²) in [5.41, 5.74) is 3.72. The van der Waals surface area contributed by atoms with Crippen LogP contribution in [0.2, 0.25) is 0 Å². The zero-order valence-electron chi connectivity index (χ0n) is 19.8. The number of carbonyl (C=O) groups is 2. The van der Waals surface area contributed by atoms with Crippen molar-refractivity contribution in [3.8, 4) is 5.69 Å². The van der Waals surface area contributed by atoms with Gasteiger partial charge in [0.05, 0.1) is 11.0 Å². The van der Waals surface area contributed by atoms with Crippen LogP contribution < -0.4 is 0 Å². The first-order valence-corrected chi connectivity index (χ1v) is 11.8. The van der Waals surface area contributed by atoms with Crippen LogP contribution >= 0.6 is 0 Å². The summed E-state index contributed by atoms with van der Waals surface area (Å²) in [4.78, 5) is 26.4. The molecule has 0 saturated carbocycles. The summed E-state index contributed by atoms with van der Waals surface area (Å²) in [6.45, 7) is 0. The van der Waals surface area contributed by atoms with Gasteiger partial charge in [-0.3, -0.25) is 9.59 Å². The lowest BCUT2D eigenvalue weighted by Gasteiger charge is -2.08. The molecule has 1 heterocycles. The van der Waals surface area contributed by atoms with Gasteiger partial charge in [-0.2, -0.15) is 0 Å². The number of nitrogens with zero attached hydrogens (tertiary/aromatic N) is 1. The second-order valence-electron chi connectivity index (χ2n) is 8.95. The van der Waals surface area contributed by atoms with Gasteiger partial charge in [-0.1, -0.05) is 0 Å². The van der Waals surface area contributed by atoms with Crippen molar-refractivity contribution in [2.45, 2.75) is 0 Å². The second-order valence-corrected chi connectivity index (χ2v) is 8.95. The summed E-state index contributed by atoms with van der Waals surface area (Å²) >= 11 is 0. The molecule has 0 radical (unpaired) electrons. The minimum atomic E-state index is -0.433. The molecule has 1 aromatic heterocycles. The van der Waals surface area contributed by atoms with E-state index in [-0.39, 0.29) is 17.4 Å². The van der Waals surface area contributed by atoms with E-state index in [1.165, 1.54) is 60.7 Å². The van der Waals surface area contributed by atoms with Crippen LogP contribution in [0.15, 0.2) is 109 Å². The molecule has 6 heteroatoms. The lowest BCUT2D eigenvalue weighted by atomic mass is 9.99. The van der Waals surface area contributed by atoms with Crippen LogP contribution in [0, 0.1) is 17.5 Å². The minimum Gasteiger partial charge on any atom is -0.309 e. The molecule has 0 aliphatic heterocycles. The lowest BCUT2D eigenvalue weighted by Crippen LogP contribution is -2.01. The molecule has 3 nitrogen and oxygen atoms in total. The predicted octanol–water partition coefficient (Wildman–Crippen LogP) is 7.66. The molecule has 0 saturated heterocycles. The molecule has 0 spiro atoms. The van der Waals surface area contributed by atoms with E-state index in [4.69, 9.17) is 0 Å². The third-order valence-corrected chi connectivity index (χ3v) is 6.59. The number of carbonyl (C=O) groups excluding carboxylic acids is 2. The normalized spacial score (nSPS) is 11.2. The fourth-order valence-electron chi connectivity index (χ4n) is 4.71. The van der Waals surface area contributed by atoms with Gasteiger partial charge in [-0.25, -0.2) is 13.2 Å². The second kappa shape index (κ2) is 9.16. The summed E-state index contributed by atoms with van der Waals surface area (Å²) in [6, 6.07) is 27.2. The number of hydrogen-bond donors (Lipinski definition) is 0. The average molecular weight is 505 g/mol. The Hall–Kier alpha value is -4.97. The van der Waals surface area contributed by atoms with E-state index in [0.717, 1.165) is 11.0 Å². The zero-order valence-corrected chi connectivity index (χ0v) is 19.8. The molecule has 6 rings (SSSR count). The van der Waals surface area contributed by atoms with Gasteiger partial charge in [0.25, 0.3) is 0 Å². The Bertz CT molecular complexity index is 1740. The Kier molecular flexibility index (Phi) is 5.65. The highest BCUT2D eigenvalue weighted by Crippen LogP contribution is 2.34. The highest BCUT2D eigenvalue weighted by molar-refractivity contribution is 6.17. The first kappa shape index (κ1) is 23.4. The van der Waals surface area contributed by atoms with Crippen molar-refractivity contribution < 1.29 is 22.8 Å². The molecule has 0 fully saturated rings. The maximum Gasteiger partial charge on any atom is 0.193 e. The fraction of sp³-hybridized carbons (Fsp3) is 0. The summed E-state index contributed by atoms with van der Waals surface area (Å²) in [7, 11) is 0. The molecule has 0 aliphatic rings. The SMILES string of the molecule is O=C(c1ccc(F)cc1)c1ccc2c(c1)c1cc(C(=O)c3ccc(F)cc3)ccc1n2-c1ccc(F)cc1. The van der Waals surface area contributed by atoms with E-state index in [1.807, 2.05) is 4.57 Å². The Balaban J connectivity index is 1.56. The zero-order chi connectivity index (χ0) is 26.4. The number of ketones is 2. The molecule has 0 bridgehead atoms. The largest absolute Gasteiger partial charge is 0.309 e. The smallest absolute Gasteiger partial charge is 0.193 e. The van der Waals surface area contributed by atoms with Gasteiger partial charge in [0, 0.05) is 38.7 Å². The van der Waals surface area contributed by atoms with Gasteiger partial charge < -0.3 is 4.57 Å². The molecule has 38 heavy (non-hydrogen) atoms. The molecule has 0 N–H and O–H groups in total. The van der Waals surface area contributed by atoms with Crippen LogP contribution in [0.4, 0.5) is 13.2 Å². The van der Waals surface area contributed by atoms with Crippen LogP contribution in [0.25, 0.3) is 27.5 Å². The molecule has 0 amide bonds. The minimum absolute atomic E-state index is 0.270. The van der Waals surface area contributed by atoms with E-state index in [9.17, 15) is 22.8 Å². The molecule has 0 aliphatic carbocycles. The number of hydrogen-bond acceptors (Lipinski definition) is 2. The molecule has 0 unspecified atom stereocenters. The van der Waals surface area contributed by atoms with E-state index < -0.39 is 11.6 Å². The Labute approximate surface area is 215 Å². The number of aromatic nitrogens is 1. The predicted molar refractivity (Wildman–Crippen MR) is 140 cm³/mol. The first-order valence-electron chi connectivity index (χ1n) is 11.8. The van der Waals surface area contributed by atoms with E-state index in [2.05, 4.69) is 0 Å². The Morgan fingerprint density at radius 2 is 0.789 bits per heavy atom. The number of halogens is 3. The summed E-state index contributed by atoms with van der Waals surface area (Å²) in [5.74, 6) is -1.77. The maximum absolute atomic E-state index is 13.7. The third kappa shape index (κ3) is 4.06. The molecule has 184 valence electrons.